The zero-order valence-electron chi connectivity index (χ0n) is 14.5. The van der Waals surface area contributed by atoms with Crippen molar-refractivity contribution in [1.82, 2.24) is 4.72 Å². The van der Waals surface area contributed by atoms with Gasteiger partial charge in [-0.05, 0) is 25.3 Å². The van der Waals surface area contributed by atoms with Gasteiger partial charge in [0.1, 0.15) is 16.4 Å². The van der Waals surface area contributed by atoms with Gasteiger partial charge in [0, 0.05) is 18.2 Å². The van der Waals surface area contributed by atoms with Crippen molar-refractivity contribution in [2.45, 2.75) is 36.6 Å². The summed E-state index contributed by atoms with van der Waals surface area (Å²) < 4.78 is 39.2. The third kappa shape index (κ3) is 4.22. The minimum atomic E-state index is -3.82. The van der Waals surface area contributed by atoms with Crippen LogP contribution < -0.4 is 25.2 Å². The summed E-state index contributed by atoms with van der Waals surface area (Å²) in [7, 11) is -2.43. The Morgan fingerprint density at radius 2 is 2.08 bits per heavy atom. The van der Waals surface area contributed by atoms with Crippen molar-refractivity contribution in [2.24, 2.45) is 11.7 Å². The van der Waals surface area contributed by atoms with Gasteiger partial charge in [-0.15, -0.1) is 12.4 Å². The minimum absolute atomic E-state index is 0. The van der Waals surface area contributed by atoms with Crippen LogP contribution in [-0.4, -0.2) is 40.6 Å². The van der Waals surface area contributed by atoms with Crippen LogP contribution in [-0.2, 0) is 14.8 Å². The molecule has 4 N–H and O–H groups in total. The number of anilines is 1. The van der Waals surface area contributed by atoms with Crippen molar-refractivity contribution in [3.63, 3.8) is 0 Å². The number of ether oxygens (including phenoxy) is 2. The summed E-state index contributed by atoms with van der Waals surface area (Å²) in [5.74, 6) is 0.288. The van der Waals surface area contributed by atoms with E-state index >= 15 is 0 Å². The Morgan fingerprint density at radius 1 is 1.35 bits per heavy atom. The average Bonchev–Trinajstić information content (AvgIpc) is 2.60. The van der Waals surface area contributed by atoms with Crippen LogP contribution in [0.3, 0.4) is 0 Å². The maximum Gasteiger partial charge on any atom is 0.262 e. The molecule has 0 bridgehead atoms. The fourth-order valence-electron chi connectivity index (χ4n) is 3.37. The van der Waals surface area contributed by atoms with Crippen LogP contribution in [0.25, 0.3) is 0 Å². The lowest BCUT2D eigenvalue weighted by atomic mass is 9.85. The van der Waals surface area contributed by atoms with Crippen LogP contribution in [0, 0.1) is 5.92 Å². The Kier molecular flexibility index (Phi) is 6.73. The van der Waals surface area contributed by atoms with Gasteiger partial charge in [-0.1, -0.05) is 12.8 Å². The molecule has 1 fully saturated rings. The quantitative estimate of drug-likeness (QED) is 0.678. The second kappa shape index (κ2) is 8.43. The second-order valence-electron chi connectivity index (χ2n) is 6.34. The van der Waals surface area contributed by atoms with Crippen molar-refractivity contribution in [3.05, 3.63) is 12.1 Å². The third-order valence-corrected chi connectivity index (χ3v) is 6.22. The standard InChI is InChI=1S/C16H23N3O5S.ClH/c1-23-14-6-12-13(24-9-16(20)18-12)7-15(14)25(21,22)19-11-5-3-2-4-10(11)8-17;/h6-7,10-11,19H,2-5,8-9,17H2,1H3,(H,18,20);1H. The molecule has 0 spiro atoms. The predicted octanol–water partition coefficient (Wildman–Crippen LogP) is 1.24. The lowest BCUT2D eigenvalue weighted by molar-refractivity contribution is -0.118. The zero-order chi connectivity index (χ0) is 18.0. The molecule has 3 rings (SSSR count). The highest BCUT2D eigenvalue weighted by Crippen LogP contribution is 2.37. The smallest absolute Gasteiger partial charge is 0.262 e. The van der Waals surface area contributed by atoms with E-state index in [1.807, 2.05) is 0 Å². The van der Waals surface area contributed by atoms with Crippen LogP contribution in [0.2, 0.25) is 0 Å². The number of fused-ring (bicyclic) bond motifs is 1. The Morgan fingerprint density at radius 3 is 2.77 bits per heavy atom. The van der Waals surface area contributed by atoms with E-state index < -0.39 is 10.0 Å². The first-order valence-corrected chi connectivity index (χ1v) is 9.80. The van der Waals surface area contributed by atoms with E-state index in [9.17, 15) is 13.2 Å². The number of hydrogen-bond donors (Lipinski definition) is 3. The Labute approximate surface area is 159 Å². The van der Waals surface area contributed by atoms with Gasteiger partial charge in [-0.25, -0.2) is 13.1 Å². The van der Waals surface area contributed by atoms with Gasteiger partial charge >= 0.3 is 0 Å². The maximum absolute atomic E-state index is 12.9. The number of sulfonamides is 1. The Balaban J connectivity index is 0.00000243. The van der Waals surface area contributed by atoms with Gasteiger partial charge in [-0.3, -0.25) is 4.79 Å². The van der Waals surface area contributed by atoms with Crippen LogP contribution in [0.15, 0.2) is 17.0 Å². The normalized spacial score (nSPS) is 22.5. The number of amides is 1. The van der Waals surface area contributed by atoms with E-state index in [2.05, 4.69) is 10.0 Å². The lowest BCUT2D eigenvalue weighted by Crippen LogP contribution is -2.44. The lowest BCUT2D eigenvalue weighted by Gasteiger charge is -2.31. The predicted molar refractivity (Wildman–Crippen MR) is 99.5 cm³/mol. The molecule has 8 nitrogen and oxygen atoms in total. The first kappa shape index (κ1) is 20.8. The molecule has 146 valence electrons. The minimum Gasteiger partial charge on any atom is -0.495 e. The number of benzene rings is 1. The molecular weight excluding hydrogens is 382 g/mol. The van der Waals surface area contributed by atoms with E-state index in [4.69, 9.17) is 15.2 Å². The summed E-state index contributed by atoms with van der Waals surface area (Å²) in [5, 5.41) is 2.64. The van der Waals surface area contributed by atoms with Gasteiger partial charge < -0.3 is 20.5 Å². The third-order valence-electron chi connectivity index (χ3n) is 4.71. The summed E-state index contributed by atoms with van der Waals surface area (Å²) >= 11 is 0. The monoisotopic (exact) mass is 405 g/mol. The average molecular weight is 406 g/mol. The summed E-state index contributed by atoms with van der Waals surface area (Å²) in [6, 6.07) is 2.66. The number of nitrogens with one attached hydrogen (secondary N) is 2. The van der Waals surface area contributed by atoms with Gasteiger partial charge in [-0.2, -0.15) is 0 Å². The molecule has 2 atom stereocenters. The molecule has 1 aliphatic heterocycles. The maximum atomic E-state index is 12.9. The molecule has 1 saturated carbocycles. The zero-order valence-corrected chi connectivity index (χ0v) is 16.1. The van der Waals surface area contributed by atoms with E-state index in [-0.39, 0.29) is 47.5 Å². The highest BCUT2D eigenvalue weighted by molar-refractivity contribution is 7.89. The molecule has 0 radical (unpaired) electrons. The van der Waals surface area contributed by atoms with E-state index in [0.29, 0.717) is 18.0 Å². The van der Waals surface area contributed by atoms with E-state index in [1.165, 1.54) is 19.2 Å². The molecule has 10 heteroatoms. The van der Waals surface area contributed by atoms with Gasteiger partial charge in [0.05, 0.1) is 12.8 Å². The largest absolute Gasteiger partial charge is 0.495 e. The first-order valence-electron chi connectivity index (χ1n) is 8.31. The fraction of sp³-hybridized carbons (Fsp3) is 0.562. The van der Waals surface area contributed by atoms with Crippen molar-refractivity contribution < 1.29 is 22.7 Å². The van der Waals surface area contributed by atoms with Crippen molar-refractivity contribution in [2.75, 3.05) is 25.6 Å². The Bertz CT molecular complexity index is 771. The molecule has 1 heterocycles. The number of nitrogens with two attached hydrogens (primary N) is 1. The topological polar surface area (TPSA) is 120 Å². The number of halogens is 1. The number of carbonyl (C=O) groups excluding carboxylic acids is 1. The van der Waals surface area contributed by atoms with Crippen molar-refractivity contribution in [3.8, 4) is 11.5 Å². The molecule has 0 aromatic heterocycles. The molecule has 26 heavy (non-hydrogen) atoms. The molecule has 2 aliphatic rings. The molecule has 0 saturated heterocycles. The van der Waals surface area contributed by atoms with Gasteiger partial charge in [0.15, 0.2) is 6.61 Å². The molecule has 1 aliphatic carbocycles. The SMILES string of the molecule is COc1cc2c(cc1S(=O)(=O)NC1CCCCC1CN)OCC(=O)N2.Cl. The second-order valence-corrected chi connectivity index (χ2v) is 8.03. The summed E-state index contributed by atoms with van der Waals surface area (Å²) in [6.45, 7) is 0.299. The first-order chi connectivity index (χ1) is 11.9. The molecule has 2 unspecified atom stereocenters. The molecule has 1 aromatic carbocycles. The molecule has 1 aromatic rings. The fourth-order valence-corrected chi connectivity index (χ4v) is 4.87. The van der Waals surface area contributed by atoms with Crippen molar-refractivity contribution in [1.29, 1.82) is 0 Å². The summed E-state index contributed by atoms with van der Waals surface area (Å²) in [6.07, 6.45) is 3.72. The van der Waals surface area contributed by atoms with Gasteiger partial charge in [0.25, 0.3) is 5.91 Å². The molecular formula is C16H24ClN3O5S. The Hall–Kier alpha value is -1.55. The van der Waals surface area contributed by atoms with Crippen LogP contribution in [0.5, 0.6) is 11.5 Å². The molecule has 1 amide bonds. The summed E-state index contributed by atoms with van der Waals surface area (Å²) in [4.78, 5) is 11.4. The van der Waals surface area contributed by atoms with Crippen LogP contribution in [0.1, 0.15) is 25.7 Å². The number of hydrogen-bond acceptors (Lipinski definition) is 6. The highest BCUT2D eigenvalue weighted by atomic mass is 35.5. The number of carbonyl (C=O) groups is 1. The number of methoxy groups -OCH3 is 1. The summed E-state index contributed by atoms with van der Waals surface area (Å²) in [5.41, 5.74) is 6.18. The number of rotatable bonds is 5. The van der Waals surface area contributed by atoms with Crippen molar-refractivity contribution >= 4 is 34.0 Å². The van der Waals surface area contributed by atoms with E-state index in [0.717, 1.165) is 25.7 Å². The van der Waals surface area contributed by atoms with Gasteiger partial charge in [0.2, 0.25) is 10.0 Å². The van der Waals surface area contributed by atoms with E-state index in [1.54, 1.807) is 0 Å². The van der Waals surface area contributed by atoms with Crippen LogP contribution >= 0.6 is 12.4 Å². The van der Waals surface area contributed by atoms with Crippen LogP contribution in [0.4, 0.5) is 5.69 Å². The highest BCUT2D eigenvalue weighted by Gasteiger charge is 2.31.